The van der Waals surface area contributed by atoms with Crippen LogP contribution in [0.4, 0.5) is 0 Å². The van der Waals surface area contributed by atoms with Crippen LogP contribution in [0.15, 0.2) is 29.1 Å². The van der Waals surface area contributed by atoms with Crippen LogP contribution in [0.1, 0.15) is 12.1 Å². The molecule has 1 unspecified atom stereocenters. The van der Waals surface area contributed by atoms with Crippen molar-refractivity contribution in [3.8, 4) is 11.5 Å². The normalized spacial score (nSPS) is 18.2. The minimum Gasteiger partial charge on any atom is -0.481 e. The number of nitrogens with zero attached hydrogens (tertiary/aromatic N) is 2. The van der Waals surface area contributed by atoms with Crippen molar-refractivity contribution in [1.29, 1.82) is 0 Å². The van der Waals surface area contributed by atoms with Crippen LogP contribution in [0.5, 0.6) is 0 Å². The lowest BCUT2D eigenvalue weighted by atomic mass is 10.0. The van der Waals surface area contributed by atoms with E-state index in [0.717, 1.165) is 30.1 Å². The Hall–Kier alpha value is -2.04. The molecule has 0 saturated carbocycles. The van der Waals surface area contributed by atoms with E-state index in [0.29, 0.717) is 0 Å². The van der Waals surface area contributed by atoms with Gasteiger partial charge in [0.05, 0.1) is 19.0 Å². The zero-order chi connectivity index (χ0) is 11.8. The summed E-state index contributed by atoms with van der Waals surface area (Å²) < 4.78 is 7.35. The van der Waals surface area contributed by atoms with E-state index in [2.05, 4.69) is 4.98 Å². The monoisotopic (exact) mass is 232 g/mol. The molecule has 0 bridgehead atoms. The molecule has 1 aliphatic rings. The second kappa shape index (κ2) is 3.76. The lowest BCUT2D eigenvalue weighted by molar-refractivity contribution is -0.138. The van der Waals surface area contributed by atoms with Gasteiger partial charge in [0.1, 0.15) is 5.69 Å². The van der Waals surface area contributed by atoms with Crippen molar-refractivity contribution in [3.63, 3.8) is 0 Å². The summed E-state index contributed by atoms with van der Waals surface area (Å²) in [5.74, 6) is 0.169. The van der Waals surface area contributed by atoms with Crippen molar-refractivity contribution in [1.82, 2.24) is 9.55 Å². The van der Waals surface area contributed by atoms with Gasteiger partial charge in [0.2, 0.25) is 0 Å². The Balaban J connectivity index is 1.87. The average Bonchev–Trinajstić information content (AvgIpc) is 2.89. The maximum atomic E-state index is 10.7. The third-order valence-corrected chi connectivity index (χ3v) is 3.10. The first-order valence-electron chi connectivity index (χ1n) is 5.53. The third-order valence-electron chi connectivity index (χ3n) is 3.10. The summed E-state index contributed by atoms with van der Waals surface area (Å²) in [5.41, 5.74) is 1.91. The predicted octanol–water partition coefficient (Wildman–Crippen LogP) is 1.79. The Morgan fingerprint density at radius 3 is 3.24 bits per heavy atom. The van der Waals surface area contributed by atoms with Crippen molar-refractivity contribution < 1.29 is 14.3 Å². The molecule has 0 aromatic carbocycles. The molecule has 1 N–H and O–H groups in total. The first-order chi connectivity index (χ1) is 8.24. The zero-order valence-corrected chi connectivity index (χ0v) is 9.17. The number of carboxylic acid groups (broad SMARTS) is 1. The van der Waals surface area contributed by atoms with Gasteiger partial charge in [-0.2, -0.15) is 0 Å². The smallest absolute Gasteiger partial charge is 0.303 e. The Morgan fingerprint density at radius 1 is 1.65 bits per heavy atom. The molecule has 0 spiro atoms. The van der Waals surface area contributed by atoms with E-state index >= 15 is 0 Å². The van der Waals surface area contributed by atoms with Crippen LogP contribution in [0, 0.1) is 5.92 Å². The fourth-order valence-electron chi connectivity index (χ4n) is 2.40. The number of hydrogen-bond acceptors (Lipinski definition) is 3. The molecular formula is C12H12N2O3. The molecule has 5 nitrogen and oxygen atoms in total. The zero-order valence-electron chi connectivity index (χ0n) is 9.17. The highest BCUT2D eigenvalue weighted by Crippen LogP contribution is 2.31. The number of carboxylic acids is 1. The molecule has 5 heteroatoms. The van der Waals surface area contributed by atoms with E-state index in [-0.39, 0.29) is 12.3 Å². The standard InChI is InChI=1S/C12H12N2O3/c15-11(16)5-8-4-9-12(10-2-1-3-17-10)13-7-14(9)6-8/h1-3,7-8H,4-6H2,(H,15,16). The van der Waals surface area contributed by atoms with Gasteiger partial charge in [0, 0.05) is 12.2 Å². The Kier molecular flexibility index (Phi) is 2.24. The largest absolute Gasteiger partial charge is 0.481 e. The lowest BCUT2D eigenvalue weighted by Crippen LogP contribution is -2.09. The fraction of sp³-hybridized carbons (Fsp3) is 0.333. The van der Waals surface area contributed by atoms with Gasteiger partial charge in [-0.15, -0.1) is 0 Å². The fourth-order valence-corrected chi connectivity index (χ4v) is 2.40. The molecule has 0 aliphatic carbocycles. The number of imidazole rings is 1. The van der Waals surface area contributed by atoms with E-state index < -0.39 is 5.97 Å². The van der Waals surface area contributed by atoms with E-state index in [4.69, 9.17) is 9.52 Å². The van der Waals surface area contributed by atoms with Crippen LogP contribution in [0.3, 0.4) is 0 Å². The van der Waals surface area contributed by atoms with Crippen LogP contribution in [0.25, 0.3) is 11.5 Å². The quantitative estimate of drug-likeness (QED) is 0.875. The molecule has 1 atom stereocenters. The molecular weight excluding hydrogens is 220 g/mol. The van der Waals surface area contributed by atoms with Crippen LogP contribution >= 0.6 is 0 Å². The van der Waals surface area contributed by atoms with Gasteiger partial charge in [0.15, 0.2) is 5.76 Å². The van der Waals surface area contributed by atoms with Crippen LogP contribution < -0.4 is 0 Å². The van der Waals surface area contributed by atoms with Gasteiger partial charge in [-0.3, -0.25) is 4.79 Å². The Labute approximate surface area is 97.7 Å². The van der Waals surface area contributed by atoms with Crippen molar-refractivity contribution in [2.45, 2.75) is 19.4 Å². The number of fused-ring (bicyclic) bond motifs is 1. The van der Waals surface area contributed by atoms with Gasteiger partial charge in [-0.25, -0.2) is 4.98 Å². The predicted molar refractivity (Wildman–Crippen MR) is 59.4 cm³/mol. The van der Waals surface area contributed by atoms with Crippen molar-refractivity contribution >= 4 is 5.97 Å². The first kappa shape index (κ1) is 10.1. The van der Waals surface area contributed by atoms with Gasteiger partial charge in [-0.05, 0) is 24.5 Å². The number of carbonyl (C=O) groups is 1. The third kappa shape index (κ3) is 1.73. The van der Waals surface area contributed by atoms with E-state index in [1.54, 1.807) is 12.6 Å². The molecule has 1 aliphatic heterocycles. The Bertz CT molecular complexity index is 542. The molecule has 3 heterocycles. The molecule has 0 amide bonds. The molecule has 2 aromatic rings. The highest BCUT2D eigenvalue weighted by atomic mass is 16.4. The number of aromatic nitrogens is 2. The summed E-state index contributed by atoms with van der Waals surface area (Å²) in [7, 11) is 0. The van der Waals surface area contributed by atoms with Crippen LogP contribution in [0.2, 0.25) is 0 Å². The summed E-state index contributed by atoms with van der Waals surface area (Å²) in [5, 5.41) is 8.80. The maximum absolute atomic E-state index is 10.7. The van der Waals surface area contributed by atoms with Gasteiger partial charge < -0.3 is 14.1 Å². The van der Waals surface area contributed by atoms with Crippen LogP contribution in [-0.2, 0) is 17.8 Å². The van der Waals surface area contributed by atoms with Crippen molar-refractivity contribution in [3.05, 3.63) is 30.4 Å². The van der Waals surface area contributed by atoms with E-state index in [1.807, 2.05) is 16.7 Å². The minimum absolute atomic E-state index is 0.166. The van der Waals surface area contributed by atoms with E-state index in [1.165, 1.54) is 0 Å². The van der Waals surface area contributed by atoms with Crippen molar-refractivity contribution in [2.24, 2.45) is 5.92 Å². The van der Waals surface area contributed by atoms with Gasteiger partial charge >= 0.3 is 5.97 Å². The Morgan fingerprint density at radius 2 is 2.53 bits per heavy atom. The topological polar surface area (TPSA) is 68.3 Å². The molecule has 0 radical (unpaired) electrons. The lowest BCUT2D eigenvalue weighted by Gasteiger charge is -2.03. The average molecular weight is 232 g/mol. The summed E-state index contributed by atoms with van der Waals surface area (Å²) >= 11 is 0. The van der Waals surface area contributed by atoms with Gasteiger partial charge in [-0.1, -0.05) is 0 Å². The molecule has 0 fully saturated rings. The van der Waals surface area contributed by atoms with Crippen molar-refractivity contribution in [2.75, 3.05) is 0 Å². The highest BCUT2D eigenvalue weighted by molar-refractivity contribution is 5.67. The molecule has 3 rings (SSSR count). The molecule has 17 heavy (non-hydrogen) atoms. The number of rotatable bonds is 3. The summed E-state index contributed by atoms with van der Waals surface area (Å²) in [6.07, 6.45) is 4.33. The highest BCUT2D eigenvalue weighted by Gasteiger charge is 2.27. The van der Waals surface area contributed by atoms with Crippen LogP contribution in [-0.4, -0.2) is 20.6 Å². The second-order valence-corrected chi connectivity index (χ2v) is 4.34. The minimum atomic E-state index is -0.742. The van der Waals surface area contributed by atoms with Gasteiger partial charge in [0.25, 0.3) is 0 Å². The second-order valence-electron chi connectivity index (χ2n) is 4.34. The number of aliphatic carboxylic acids is 1. The maximum Gasteiger partial charge on any atom is 0.303 e. The van der Waals surface area contributed by atoms with E-state index in [9.17, 15) is 4.79 Å². The number of hydrogen-bond donors (Lipinski definition) is 1. The molecule has 0 saturated heterocycles. The number of furan rings is 1. The summed E-state index contributed by atoms with van der Waals surface area (Å²) in [6, 6.07) is 3.69. The summed E-state index contributed by atoms with van der Waals surface area (Å²) in [4.78, 5) is 15.0. The first-order valence-corrected chi connectivity index (χ1v) is 5.53. The summed E-state index contributed by atoms with van der Waals surface area (Å²) in [6.45, 7) is 0.731. The molecule has 2 aromatic heterocycles. The molecule has 88 valence electrons. The SMILES string of the molecule is O=C(O)CC1Cc2c(-c3ccco3)ncn2C1.